The van der Waals surface area contributed by atoms with Crippen molar-refractivity contribution >= 4 is 32.7 Å². The number of carbonyl (C=O) groups is 1. The van der Waals surface area contributed by atoms with Crippen LogP contribution in [0, 0.1) is 0 Å². The lowest BCUT2D eigenvalue weighted by molar-refractivity contribution is 0.0635. The van der Waals surface area contributed by atoms with Crippen LogP contribution in [0.4, 0.5) is 5.69 Å². The molecule has 28 heavy (non-hydrogen) atoms. The number of piperidine rings is 1. The number of aromatic nitrogens is 2. The summed E-state index contributed by atoms with van der Waals surface area (Å²) in [5.41, 5.74) is 1.48. The highest BCUT2D eigenvalue weighted by Gasteiger charge is 2.24. The quantitative estimate of drug-likeness (QED) is 0.704. The van der Waals surface area contributed by atoms with Gasteiger partial charge in [0.05, 0.1) is 0 Å². The van der Waals surface area contributed by atoms with Crippen LogP contribution in [0.3, 0.4) is 0 Å². The zero-order valence-electron chi connectivity index (χ0n) is 15.6. The van der Waals surface area contributed by atoms with Gasteiger partial charge in [-0.25, -0.2) is 13.4 Å². The summed E-state index contributed by atoms with van der Waals surface area (Å²) >= 11 is 0. The van der Waals surface area contributed by atoms with Crippen LogP contribution in [-0.4, -0.2) is 41.8 Å². The number of likely N-dealkylation sites (tertiary alicyclic amines) is 1. The molecule has 0 aliphatic carbocycles. The molecule has 1 saturated heterocycles. The van der Waals surface area contributed by atoms with Gasteiger partial charge in [0.25, 0.3) is 15.9 Å². The van der Waals surface area contributed by atoms with Crippen LogP contribution < -0.4 is 4.72 Å². The van der Waals surface area contributed by atoms with Crippen molar-refractivity contribution < 1.29 is 13.2 Å². The maximum Gasteiger partial charge on any atom is 0.264 e. The summed E-state index contributed by atoms with van der Waals surface area (Å²) in [5, 5.41) is 0.529. The average Bonchev–Trinajstić information content (AvgIpc) is 3.13. The zero-order valence-corrected chi connectivity index (χ0v) is 16.4. The predicted molar refractivity (Wildman–Crippen MR) is 108 cm³/mol. The van der Waals surface area contributed by atoms with E-state index < -0.39 is 10.0 Å². The molecule has 1 amide bonds. The molecule has 0 bridgehead atoms. The molecule has 0 radical (unpaired) electrons. The minimum absolute atomic E-state index is 0.00990. The molecule has 1 aromatic carbocycles. The number of hydrogen-bond donors (Lipinski definition) is 2. The van der Waals surface area contributed by atoms with E-state index in [1.807, 2.05) is 4.90 Å². The van der Waals surface area contributed by atoms with Gasteiger partial charge >= 0.3 is 0 Å². The van der Waals surface area contributed by atoms with Crippen LogP contribution in [-0.2, 0) is 10.0 Å². The van der Waals surface area contributed by atoms with E-state index in [9.17, 15) is 13.2 Å². The third kappa shape index (κ3) is 3.47. The minimum atomic E-state index is -3.78. The lowest BCUT2D eigenvalue weighted by Crippen LogP contribution is -2.42. The molecule has 1 fully saturated rings. The number of H-pyrrole nitrogens is 1. The number of aromatic amines is 1. The summed E-state index contributed by atoms with van der Waals surface area (Å²) in [4.78, 5) is 21.7. The molecule has 7 nitrogen and oxygen atoms in total. The molecule has 3 aromatic rings. The van der Waals surface area contributed by atoms with Crippen LogP contribution in [0.1, 0.15) is 36.5 Å². The standard InChI is InChI=1S/C20H22N4O3S/c1-14-5-2-3-12-24(14)20(25)15-7-9-16(10-8-15)23-28(26,27)18-13-22-19-17(18)6-4-11-21-19/h4,6-11,13-14,23H,2-3,5,12H2,1H3,(H,21,22). The van der Waals surface area contributed by atoms with Crippen molar-refractivity contribution in [2.45, 2.75) is 37.1 Å². The van der Waals surface area contributed by atoms with Crippen molar-refractivity contribution in [2.75, 3.05) is 11.3 Å². The van der Waals surface area contributed by atoms with Crippen molar-refractivity contribution in [3.05, 3.63) is 54.4 Å². The maximum absolute atomic E-state index is 12.8. The van der Waals surface area contributed by atoms with E-state index in [1.54, 1.807) is 42.6 Å². The molecule has 1 aliphatic rings. The number of rotatable bonds is 4. The Balaban J connectivity index is 1.53. The van der Waals surface area contributed by atoms with Gasteiger partial charge in [-0.05, 0) is 62.6 Å². The first-order valence-electron chi connectivity index (χ1n) is 9.32. The molecule has 1 aliphatic heterocycles. The number of fused-ring (bicyclic) bond motifs is 1. The van der Waals surface area contributed by atoms with Crippen molar-refractivity contribution in [1.29, 1.82) is 0 Å². The van der Waals surface area contributed by atoms with Gasteiger partial charge in [-0.1, -0.05) is 0 Å². The molecule has 0 saturated carbocycles. The van der Waals surface area contributed by atoms with Gasteiger partial charge in [-0.2, -0.15) is 0 Å². The van der Waals surface area contributed by atoms with E-state index in [1.165, 1.54) is 6.20 Å². The van der Waals surface area contributed by atoms with Gasteiger partial charge in [0.15, 0.2) is 0 Å². The van der Waals surface area contributed by atoms with Crippen molar-refractivity contribution in [2.24, 2.45) is 0 Å². The molecule has 146 valence electrons. The third-order valence-corrected chi connectivity index (χ3v) is 6.57. The van der Waals surface area contributed by atoms with Gasteiger partial charge < -0.3 is 9.88 Å². The second-order valence-electron chi connectivity index (χ2n) is 7.08. The van der Waals surface area contributed by atoms with Crippen LogP contribution in [0.2, 0.25) is 0 Å². The van der Waals surface area contributed by atoms with Gasteiger partial charge in [-0.15, -0.1) is 0 Å². The van der Waals surface area contributed by atoms with E-state index in [2.05, 4.69) is 21.6 Å². The highest BCUT2D eigenvalue weighted by Crippen LogP contribution is 2.24. The van der Waals surface area contributed by atoms with Crippen molar-refractivity contribution in [3.8, 4) is 0 Å². The predicted octanol–water partition coefficient (Wildman–Crippen LogP) is 3.38. The smallest absolute Gasteiger partial charge is 0.264 e. The normalized spacial score (nSPS) is 17.6. The number of amides is 1. The number of carbonyl (C=O) groups excluding carboxylic acids is 1. The summed E-state index contributed by atoms with van der Waals surface area (Å²) in [7, 11) is -3.78. The fourth-order valence-corrected chi connectivity index (χ4v) is 4.83. The van der Waals surface area contributed by atoms with Gasteiger partial charge in [0.2, 0.25) is 0 Å². The Bertz CT molecular complexity index is 1110. The topological polar surface area (TPSA) is 95.2 Å². The Morgan fingerprint density at radius 1 is 1.21 bits per heavy atom. The summed E-state index contributed by atoms with van der Waals surface area (Å²) in [6.07, 6.45) is 6.21. The molecule has 4 rings (SSSR count). The highest BCUT2D eigenvalue weighted by atomic mass is 32.2. The van der Waals surface area contributed by atoms with E-state index in [0.717, 1.165) is 25.8 Å². The van der Waals surface area contributed by atoms with Crippen LogP contribution in [0.15, 0.2) is 53.7 Å². The van der Waals surface area contributed by atoms with Crippen molar-refractivity contribution in [1.82, 2.24) is 14.9 Å². The first-order valence-corrected chi connectivity index (χ1v) is 10.8. The summed E-state index contributed by atoms with van der Waals surface area (Å²) in [5.74, 6) is -0.00990. The molecular formula is C20H22N4O3S. The number of nitrogens with one attached hydrogen (secondary N) is 2. The first kappa shape index (κ1) is 18.5. The third-order valence-electron chi connectivity index (χ3n) is 5.15. The van der Waals surface area contributed by atoms with Gasteiger partial charge in [0, 0.05) is 41.6 Å². The van der Waals surface area contributed by atoms with E-state index in [0.29, 0.717) is 22.3 Å². The van der Waals surface area contributed by atoms with Gasteiger partial charge in [0.1, 0.15) is 10.5 Å². The lowest BCUT2D eigenvalue weighted by Gasteiger charge is -2.33. The zero-order chi connectivity index (χ0) is 19.7. The molecule has 2 aromatic heterocycles. The minimum Gasteiger partial charge on any atom is -0.345 e. The Hall–Kier alpha value is -2.87. The Morgan fingerprint density at radius 3 is 2.75 bits per heavy atom. The second-order valence-corrected chi connectivity index (χ2v) is 8.73. The van der Waals surface area contributed by atoms with Gasteiger partial charge in [-0.3, -0.25) is 9.52 Å². The SMILES string of the molecule is CC1CCCCN1C(=O)c1ccc(NS(=O)(=O)c2c[nH]c3ncccc23)cc1. The van der Waals surface area contributed by atoms with Crippen molar-refractivity contribution in [3.63, 3.8) is 0 Å². The number of hydrogen-bond acceptors (Lipinski definition) is 4. The highest BCUT2D eigenvalue weighted by molar-refractivity contribution is 7.93. The fraction of sp³-hybridized carbons (Fsp3) is 0.300. The van der Waals surface area contributed by atoms with E-state index in [4.69, 9.17) is 0 Å². The number of benzene rings is 1. The Morgan fingerprint density at radius 2 is 2.00 bits per heavy atom. The molecule has 8 heteroatoms. The van der Waals surface area contributed by atoms with Crippen LogP contribution in [0.25, 0.3) is 11.0 Å². The largest absolute Gasteiger partial charge is 0.345 e. The molecule has 3 heterocycles. The Labute approximate surface area is 163 Å². The van der Waals surface area contributed by atoms with E-state index in [-0.39, 0.29) is 16.8 Å². The molecule has 1 unspecified atom stereocenters. The monoisotopic (exact) mass is 398 g/mol. The molecule has 1 atom stereocenters. The number of nitrogens with zero attached hydrogens (tertiary/aromatic N) is 2. The fourth-order valence-electron chi connectivity index (χ4n) is 3.61. The average molecular weight is 398 g/mol. The van der Waals surface area contributed by atoms with Crippen LogP contribution in [0.5, 0.6) is 0 Å². The first-order chi connectivity index (χ1) is 13.5. The summed E-state index contributed by atoms with van der Waals surface area (Å²) in [6.45, 7) is 2.83. The van der Waals surface area contributed by atoms with E-state index >= 15 is 0 Å². The summed E-state index contributed by atoms with van der Waals surface area (Å²) in [6, 6.07) is 10.2. The number of anilines is 1. The maximum atomic E-state index is 12.8. The summed E-state index contributed by atoms with van der Waals surface area (Å²) < 4.78 is 28.1. The lowest BCUT2D eigenvalue weighted by atomic mass is 10.0. The molecule has 2 N–H and O–H groups in total. The Kier molecular flexibility index (Phi) is 4.80. The number of pyridine rings is 1. The number of sulfonamides is 1. The molecular weight excluding hydrogens is 376 g/mol. The van der Waals surface area contributed by atoms with Crippen LogP contribution >= 0.6 is 0 Å². The molecule has 0 spiro atoms. The second kappa shape index (κ2) is 7.27.